The van der Waals surface area contributed by atoms with E-state index in [1.807, 2.05) is 0 Å². The lowest BCUT2D eigenvalue weighted by Gasteiger charge is -2.03. The fourth-order valence-corrected chi connectivity index (χ4v) is 2.48. The Hall–Kier alpha value is -3.55. The van der Waals surface area contributed by atoms with Crippen molar-refractivity contribution in [3.8, 4) is 0 Å². The highest BCUT2D eigenvalue weighted by Crippen LogP contribution is 2.08. The van der Waals surface area contributed by atoms with E-state index >= 15 is 0 Å². The third-order valence-corrected chi connectivity index (χ3v) is 4.22. The molecule has 0 aliphatic heterocycles. The molecule has 0 saturated carbocycles. The van der Waals surface area contributed by atoms with Crippen LogP contribution in [0.3, 0.4) is 0 Å². The molecule has 0 spiro atoms. The summed E-state index contributed by atoms with van der Waals surface area (Å²) in [5, 5.41) is 8.95. The second-order valence-corrected chi connectivity index (χ2v) is 6.78. The lowest BCUT2D eigenvalue weighted by atomic mass is 10.2. The van der Waals surface area contributed by atoms with Gasteiger partial charge in [0, 0.05) is 10.0 Å². The summed E-state index contributed by atoms with van der Waals surface area (Å²) in [5.74, 6) is -1.11. The molecule has 2 amide bonds. The first kappa shape index (κ1) is 21.2. The molecule has 0 radical (unpaired) electrons. The number of amides is 2. The van der Waals surface area contributed by atoms with Crippen molar-refractivity contribution in [1.82, 2.24) is 15.8 Å². The van der Waals surface area contributed by atoms with Crippen molar-refractivity contribution in [3.63, 3.8) is 0 Å². The van der Waals surface area contributed by atoms with E-state index in [0.717, 1.165) is 11.1 Å². The zero-order valence-electron chi connectivity index (χ0n) is 15.4. The highest BCUT2D eigenvalue weighted by atomic mass is 35.5. The van der Waals surface area contributed by atoms with Crippen LogP contribution < -0.4 is 10.9 Å². The van der Waals surface area contributed by atoms with Gasteiger partial charge in [0.2, 0.25) is 0 Å². The molecule has 9 heteroatoms. The first-order chi connectivity index (χ1) is 14.5. The van der Waals surface area contributed by atoms with Gasteiger partial charge >= 0.3 is 0 Å². The van der Waals surface area contributed by atoms with E-state index in [0.29, 0.717) is 10.0 Å². The number of nitrogens with zero attached hydrogens (tertiary/aromatic N) is 3. The summed E-state index contributed by atoms with van der Waals surface area (Å²) in [6, 6.07) is 18.4. The topological polar surface area (TPSA) is 95.8 Å². The van der Waals surface area contributed by atoms with Crippen molar-refractivity contribution in [3.05, 3.63) is 99.3 Å². The van der Waals surface area contributed by atoms with E-state index in [1.165, 1.54) is 24.6 Å². The largest absolute Gasteiger partial charge is 0.289 e. The second-order valence-electron chi connectivity index (χ2n) is 5.91. The number of aromatic nitrogens is 1. The van der Waals surface area contributed by atoms with Crippen molar-refractivity contribution >= 4 is 47.4 Å². The maximum atomic E-state index is 12.2. The van der Waals surface area contributed by atoms with Crippen LogP contribution in [0.1, 0.15) is 32.1 Å². The molecule has 2 N–H and O–H groups in total. The van der Waals surface area contributed by atoms with Gasteiger partial charge in [0.25, 0.3) is 11.8 Å². The molecule has 0 aliphatic rings. The second kappa shape index (κ2) is 10.3. The molecule has 0 bridgehead atoms. The maximum Gasteiger partial charge on any atom is 0.289 e. The Labute approximate surface area is 182 Å². The zero-order chi connectivity index (χ0) is 21.3. The van der Waals surface area contributed by atoms with Crippen molar-refractivity contribution in [2.45, 2.75) is 0 Å². The van der Waals surface area contributed by atoms with Crippen molar-refractivity contribution < 1.29 is 9.59 Å². The summed E-state index contributed by atoms with van der Waals surface area (Å²) >= 11 is 11.6. The fraction of sp³-hybridized carbons (Fsp3) is 0. The first-order valence-corrected chi connectivity index (χ1v) is 9.42. The molecule has 3 rings (SSSR count). The molecular formula is C21H15Cl2N5O2. The van der Waals surface area contributed by atoms with E-state index < -0.39 is 11.8 Å². The smallest absolute Gasteiger partial charge is 0.266 e. The SMILES string of the molecule is O=C(NN=Cc1ccc(Cl)cc1)c1cccc(C(=O)NN=Cc2ccc(Cl)cc2)n1. The van der Waals surface area contributed by atoms with Gasteiger partial charge in [-0.25, -0.2) is 15.8 Å². The summed E-state index contributed by atoms with van der Waals surface area (Å²) in [6.45, 7) is 0. The van der Waals surface area contributed by atoms with Gasteiger partial charge in [-0.2, -0.15) is 10.2 Å². The summed E-state index contributed by atoms with van der Waals surface area (Å²) in [6.07, 6.45) is 2.94. The van der Waals surface area contributed by atoms with Crippen molar-refractivity contribution in [1.29, 1.82) is 0 Å². The number of carbonyl (C=O) groups is 2. The summed E-state index contributed by atoms with van der Waals surface area (Å²) < 4.78 is 0. The molecule has 150 valence electrons. The van der Waals surface area contributed by atoms with Crippen LogP contribution in [0.2, 0.25) is 10.0 Å². The van der Waals surface area contributed by atoms with Gasteiger partial charge in [-0.05, 0) is 47.5 Å². The van der Waals surface area contributed by atoms with Crippen molar-refractivity contribution in [2.24, 2.45) is 10.2 Å². The molecule has 0 saturated heterocycles. The summed E-state index contributed by atoms with van der Waals surface area (Å²) in [7, 11) is 0. The molecule has 1 heterocycles. The number of halogens is 2. The van der Waals surface area contributed by atoms with Gasteiger partial charge in [0.1, 0.15) is 11.4 Å². The lowest BCUT2D eigenvalue weighted by Crippen LogP contribution is -2.23. The molecule has 0 unspecified atom stereocenters. The Morgan fingerprint density at radius 2 is 1.10 bits per heavy atom. The summed E-state index contributed by atoms with van der Waals surface area (Å²) in [4.78, 5) is 28.5. The predicted molar refractivity (Wildman–Crippen MR) is 117 cm³/mol. The quantitative estimate of drug-likeness (QED) is 0.449. The number of hydrogen-bond donors (Lipinski definition) is 2. The molecule has 3 aromatic rings. The predicted octanol–water partition coefficient (Wildman–Crippen LogP) is 3.92. The third-order valence-electron chi connectivity index (χ3n) is 3.71. The number of pyridine rings is 1. The number of hydrogen-bond acceptors (Lipinski definition) is 5. The molecular weight excluding hydrogens is 425 g/mol. The average Bonchev–Trinajstić information content (AvgIpc) is 2.76. The molecule has 0 aliphatic carbocycles. The highest BCUT2D eigenvalue weighted by Gasteiger charge is 2.11. The standard InChI is InChI=1S/C21H15Cl2N5O2/c22-16-8-4-14(5-9-16)12-24-27-20(29)18-2-1-3-19(26-18)21(30)28-25-13-15-6-10-17(23)11-7-15/h1-13H,(H,27,29)(H,28,30). The zero-order valence-corrected chi connectivity index (χ0v) is 16.9. The van der Waals surface area contributed by atoms with Gasteiger partial charge in [0.05, 0.1) is 12.4 Å². The lowest BCUT2D eigenvalue weighted by molar-refractivity contribution is 0.0946. The normalized spacial score (nSPS) is 11.0. The van der Waals surface area contributed by atoms with Crippen molar-refractivity contribution in [2.75, 3.05) is 0 Å². The van der Waals surface area contributed by atoms with E-state index in [2.05, 4.69) is 26.0 Å². The molecule has 0 fully saturated rings. The van der Waals surface area contributed by atoms with Crippen LogP contribution in [-0.2, 0) is 0 Å². The van der Waals surface area contributed by atoms with Crippen LogP contribution in [0, 0.1) is 0 Å². The minimum absolute atomic E-state index is 0.0394. The number of hydrazone groups is 2. The average molecular weight is 440 g/mol. The Bertz CT molecular complexity index is 1010. The van der Waals surface area contributed by atoms with Gasteiger partial charge < -0.3 is 0 Å². The number of nitrogens with one attached hydrogen (secondary N) is 2. The van der Waals surface area contributed by atoms with E-state index in [1.54, 1.807) is 54.6 Å². The molecule has 0 atom stereocenters. The first-order valence-electron chi connectivity index (χ1n) is 8.66. The highest BCUT2D eigenvalue weighted by molar-refractivity contribution is 6.30. The van der Waals surface area contributed by atoms with E-state index in [-0.39, 0.29) is 11.4 Å². The molecule has 30 heavy (non-hydrogen) atoms. The fourth-order valence-electron chi connectivity index (χ4n) is 2.23. The number of carbonyl (C=O) groups excluding carboxylic acids is 2. The Balaban J connectivity index is 1.58. The van der Waals surface area contributed by atoms with Gasteiger partial charge in [-0.15, -0.1) is 0 Å². The third kappa shape index (κ3) is 6.23. The van der Waals surface area contributed by atoms with Crippen LogP contribution in [0.5, 0.6) is 0 Å². The van der Waals surface area contributed by atoms with Crippen LogP contribution >= 0.6 is 23.2 Å². The van der Waals surface area contributed by atoms with Crippen LogP contribution in [0.4, 0.5) is 0 Å². The maximum absolute atomic E-state index is 12.2. The minimum Gasteiger partial charge on any atom is -0.266 e. The summed E-state index contributed by atoms with van der Waals surface area (Å²) in [5.41, 5.74) is 6.33. The monoisotopic (exact) mass is 439 g/mol. The molecule has 7 nitrogen and oxygen atoms in total. The van der Waals surface area contributed by atoms with Gasteiger partial charge in [0.15, 0.2) is 0 Å². The van der Waals surface area contributed by atoms with Gasteiger partial charge in [-0.1, -0.05) is 53.5 Å². The van der Waals surface area contributed by atoms with Crippen LogP contribution in [0.25, 0.3) is 0 Å². The Morgan fingerprint density at radius 1 is 0.700 bits per heavy atom. The minimum atomic E-state index is -0.556. The van der Waals surface area contributed by atoms with E-state index in [4.69, 9.17) is 23.2 Å². The Kier molecular flexibility index (Phi) is 7.26. The molecule has 2 aromatic carbocycles. The van der Waals surface area contributed by atoms with Crippen LogP contribution in [-0.4, -0.2) is 29.2 Å². The number of benzene rings is 2. The number of rotatable bonds is 6. The van der Waals surface area contributed by atoms with Gasteiger partial charge in [-0.3, -0.25) is 9.59 Å². The molecule has 1 aromatic heterocycles. The Morgan fingerprint density at radius 3 is 1.50 bits per heavy atom. The van der Waals surface area contributed by atoms with Crippen LogP contribution in [0.15, 0.2) is 76.9 Å². The van der Waals surface area contributed by atoms with E-state index in [9.17, 15) is 9.59 Å².